The van der Waals surface area contributed by atoms with Crippen molar-refractivity contribution in [1.29, 1.82) is 0 Å². The van der Waals surface area contributed by atoms with Crippen molar-refractivity contribution in [3.8, 4) is 0 Å². The van der Waals surface area contributed by atoms with Crippen LogP contribution in [0.1, 0.15) is 99.3 Å². The predicted octanol–water partition coefficient (Wildman–Crippen LogP) is 1.27. The molecule has 6 atom stereocenters. The van der Waals surface area contributed by atoms with E-state index in [1.807, 2.05) is 20.8 Å². The van der Waals surface area contributed by atoms with Crippen LogP contribution in [0, 0.1) is 34.5 Å². The normalized spacial score (nSPS) is 27.8. The number of nitrogens with two attached hydrogens (primary N) is 1. The number of urea groups is 1. The number of Topliss-reactive ketones (excluding diaryl/α,β-unsaturated/α-hetero) is 1. The first-order valence-electron chi connectivity index (χ1n) is 18.5. The Morgan fingerprint density at radius 1 is 0.902 bits per heavy atom. The second-order valence-electron chi connectivity index (χ2n) is 17.1. The Hall–Kier alpha value is -3.27. The third-order valence-electron chi connectivity index (χ3n) is 12.3. The molecule has 6 amide bonds. The Morgan fingerprint density at radius 3 is 2.08 bits per heavy atom. The summed E-state index contributed by atoms with van der Waals surface area (Å²) in [4.78, 5) is 80.7. The Morgan fingerprint density at radius 2 is 1.55 bits per heavy atom. The Kier molecular flexibility index (Phi) is 11.2. The van der Waals surface area contributed by atoms with Gasteiger partial charge in [0.2, 0.25) is 23.5 Å². The minimum absolute atomic E-state index is 0.0281. The summed E-state index contributed by atoms with van der Waals surface area (Å²) in [6, 6.07) is -4.19. The molecule has 3 aliphatic carbocycles. The van der Waals surface area contributed by atoms with Gasteiger partial charge in [0.05, 0.1) is 12.6 Å². The molecule has 0 bridgehead atoms. The van der Waals surface area contributed by atoms with Crippen LogP contribution in [0.2, 0.25) is 0 Å². The molecule has 51 heavy (non-hydrogen) atoms. The molecule has 5 fully saturated rings. The number of carbonyl (C=O) groups excluding carboxylic acids is 6. The third kappa shape index (κ3) is 8.06. The Bertz CT molecular complexity index is 1520. The van der Waals surface area contributed by atoms with Crippen LogP contribution in [0.4, 0.5) is 4.79 Å². The molecule has 0 aromatic heterocycles. The van der Waals surface area contributed by atoms with Gasteiger partial charge in [-0.05, 0) is 53.8 Å². The van der Waals surface area contributed by atoms with Crippen molar-refractivity contribution in [1.82, 2.24) is 29.5 Å². The number of nitrogens with zero attached hydrogens (tertiary/aromatic N) is 3. The first-order chi connectivity index (χ1) is 23.7. The fourth-order valence-corrected chi connectivity index (χ4v) is 10.3. The number of ketones is 1. The smallest absolute Gasteiger partial charge is 0.315 e. The second-order valence-corrected chi connectivity index (χ2v) is 18.9. The summed E-state index contributed by atoms with van der Waals surface area (Å²) in [6.07, 6.45) is 7.37. The number of fused-ring (bicyclic) bond motifs is 1. The van der Waals surface area contributed by atoms with Crippen LogP contribution >= 0.6 is 0 Å². The highest BCUT2D eigenvalue weighted by atomic mass is 32.2. The van der Waals surface area contributed by atoms with E-state index < -0.39 is 69.3 Å². The number of nitrogens with one attached hydrogen (secondary N) is 3. The van der Waals surface area contributed by atoms with Crippen LogP contribution in [0.5, 0.6) is 0 Å². The van der Waals surface area contributed by atoms with Crippen molar-refractivity contribution < 1.29 is 37.2 Å². The fraction of sp³-hybridized carbons (Fsp3) is 0.829. The van der Waals surface area contributed by atoms with Gasteiger partial charge in [0.25, 0.3) is 5.91 Å². The van der Waals surface area contributed by atoms with Gasteiger partial charge in [-0.2, -0.15) is 12.7 Å². The van der Waals surface area contributed by atoms with E-state index in [9.17, 15) is 37.2 Å². The standard InChI is InChI=1S/C35H57N7O8S/c1-20(43)42-16-15-40(51(42,49)50)19-25(34(2,3)4)38-33(48)39-27(22-13-8-7-9-14-22)32(47)41-18-23-26(35(23,5)6)28(41)31(46)37-24(29(44)30(36)45)17-21-11-10-12-21/h21-28H,7-19H2,1-6H3,(H2,36,45)(H,37,46)(H2,38,39,48)/t23-,24?,25+,26-,27-,28-/m0/s1. The zero-order valence-electron chi connectivity index (χ0n) is 30.9. The molecule has 286 valence electrons. The van der Waals surface area contributed by atoms with Crippen LogP contribution in [-0.2, 0) is 34.2 Å². The highest BCUT2D eigenvalue weighted by molar-refractivity contribution is 7.87. The van der Waals surface area contributed by atoms with Crippen molar-refractivity contribution in [2.75, 3.05) is 26.2 Å². The number of hydrogen-bond donors (Lipinski definition) is 4. The minimum atomic E-state index is -4.03. The Labute approximate surface area is 301 Å². The van der Waals surface area contributed by atoms with Gasteiger partial charge in [-0.3, -0.25) is 24.0 Å². The number of piperidine rings is 1. The molecule has 0 aromatic rings. The lowest BCUT2D eigenvalue weighted by Crippen LogP contribution is -2.62. The molecule has 16 heteroatoms. The summed E-state index contributed by atoms with van der Waals surface area (Å²) in [7, 11) is -4.03. The van der Waals surface area contributed by atoms with E-state index in [1.54, 1.807) is 4.90 Å². The maximum Gasteiger partial charge on any atom is 0.315 e. The van der Waals surface area contributed by atoms with Crippen molar-refractivity contribution in [3.63, 3.8) is 0 Å². The summed E-state index contributed by atoms with van der Waals surface area (Å²) in [6.45, 7) is 11.3. The molecular weight excluding hydrogens is 678 g/mol. The molecule has 2 heterocycles. The SMILES string of the molecule is CC(=O)N1CCN(C[C@@H](NC(=O)N[C@H](C(=O)N2C[C@H]3[C@@H]([C@H]2C(=O)NC(CC2CCC2)C(=O)C(N)=O)C3(C)C)C2CCCCC2)C(C)(C)C)S1(=O)=O. The van der Waals surface area contributed by atoms with Gasteiger partial charge in [0, 0.05) is 32.6 Å². The van der Waals surface area contributed by atoms with Crippen LogP contribution in [-0.4, -0.2) is 108 Å². The monoisotopic (exact) mass is 735 g/mol. The quantitative estimate of drug-likeness (QED) is 0.214. The van der Waals surface area contributed by atoms with Crippen LogP contribution in [0.3, 0.4) is 0 Å². The van der Waals surface area contributed by atoms with E-state index in [0.29, 0.717) is 25.8 Å². The maximum atomic E-state index is 14.6. The lowest BCUT2D eigenvalue weighted by molar-refractivity contribution is -0.144. The van der Waals surface area contributed by atoms with Gasteiger partial charge in [-0.15, -0.1) is 0 Å². The average Bonchev–Trinajstić information content (AvgIpc) is 3.30. The molecule has 5 rings (SSSR count). The highest BCUT2D eigenvalue weighted by Crippen LogP contribution is 2.65. The fourth-order valence-electron chi connectivity index (χ4n) is 8.72. The average molecular weight is 736 g/mol. The van der Waals surface area contributed by atoms with Crippen molar-refractivity contribution in [2.24, 2.45) is 40.2 Å². The van der Waals surface area contributed by atoms with Gasteiger partial charge >= 0.3 is 16.2 Å². The second kappa shape index (κ2) is 14.6. The van der Waals surface area contributed by atoms with Crippen LogP contribution in [0.25, 0.3) is 0 Å². The summed E-state index contributed by atoms with van der Waals surface area (Å²) in [5, 5.41) is 8.69. The summed E-state index contributed by atoms with van der Waals surface area (Å²) >= 11 is 0. The van der Waals surface area contributed by atoms with Gasteiger partial charge in [0.15, 0.2) is 0 Å². The number of rotatable bonds is 12. The number of carbonyl (C=O) groups is 6. The summed E-state index contributed by atoms with van der Waals surface area (Å²) in [5.74, 6) is -3.47. The van der Waals surface area contributed by atoms with E-state index >= 15 is 0 Å². The lowest BCUT2D eigenvalue weighted by atomic mass is 9.80. The molecule has 5 N–H and O–H groups in total. The molecule has 2 aliphatic heterocycles. The lowest BCUT2D eigenvalue weighted by Gasteiger charge is -2.38. The molecule has 3 saturated carbocycles. The number of likely N-dealkylation sites (tertiary alicyclic amines) is 1. The first kappa shape index (κ1) is 38.9. The van der Waals surface area contributed by atoms with Crippen LogP contribution < -0.4 is 21.7 Å². The topological polar surface area (TPSA) is 208 Å². The zero-order chi connectivity index (χ0) is 37.6. The molecule has 15 nitrogen and oxygen atoms in total. The van der Waals surface area contributed by atoms with E-state index in [4.69, 9.17) is 5.73 Å². The Balaban J connectivity index is 1.35. The van der Waals surface area contributed by atoms with E-state index in [-0.39, 0.29) is 54.6 Å². The highest BCUT2D eigenvalue weighted by Gasteiger charge is 2.69. The van der Waals surface area contributed by atoms with Crippen molar-refractivity contribution in [2.45, 2.75) is 123 Å². The van der Waals surface area contributed by atoms with E-state index in [2.05, 4.69) is 29.8 Å². The molecule has 0 spiro atoms. The molecule has 2 saturated heterocycles. The zero-order valence-corrected chi connectivity index (χ0v) is 31.7. The van der Waals surface area contributed by atoms with E-state index in [1.165, 1.54) is 11.2 Å². The van der Waals surface area contributed by atoms with Gasteiger partial charge in [0.1, 0.15) is 12.1 Å². The molecular formula is C35H57N7O8S. The predicted molar refractivity (Wildman–Crippen MR) is 188 cm³/mol. The molecule has 0 aromatic carbocycles. The van der Waals surface area contributed by atoms with Gasteiger partial charge < -0.3 is 26.6 Å². The van der Waals surface area contributed by atoms with E-state index in [0.717, 1.165) is 42.8 Å². The molecule has 0 radical (unpaired) electrons. The molecule has 5 aliphatic rings. The largest absolute Gasteiger partial charge is 0.363 e. The van der Waals surface area contributed by atoms with Crippen molar-refractivity contribution in [3.05, 3.63) is 0 Å². The number of hydrogen-bond acceptors (Lipinski definition) is 8. The third-order valence-corrected chi connectivity index (χ3v) is 14.3. The summed E-state index contributed by atoms with van der Waals surface area (Å²) in [5.41, 5.74) is 4.56. The van der Waals surface area contributed by atoms with Crippen molar-refractivity contribution >= 4 is 45.7 Å². The van der Waals surface area contributed by atoms with Crippen LogP contribution in [0.15, 0.2) is 0 Å². The maximum absolute atomic E-state index is 14.6. The summed E-state index contributed by atoms with van der Waals surface area (Å²) < 4.78 is 28.1. The van der Waals surface area contributed by atoms with Gasteiger partial charge in [-0.25, -0.2) is 9.10 Å². The minimum Gasteiger partial charge on any atom is -0.363 e. The van der Waals surface area contributed by atoms with Gasteiger partial charge in [-0.1, -0.05) is 73.1 Å². The number of primary amides is 1. The first-order valence-corrected chi connectivity index (χ1v) is 19.9. The number of amides is 6. The molecule has 1 unspecified atom stereocenters.